The van der Waals surface area contributed by atoms with Gasteiger partial charge in [-0.3, -0.25) is 9.59 Å². The minimum Gasteiger partial charge on any atom is -0.508 e. The third-order valence-electron chi connectivity index (χ3n) is 5.47. The van der Waals surface area contributed by atoms with Crippen molar-refractivity contribution in [3.8, 4) is 5.75 Å². The van der Waals surface area contributed by atoms with E-state index >= 15 is 0 Å². The number of carbonyl (C=O) groups is 3. The van der Waals surface area contributed by atoms with Gasteiger partial charge in [0.1, 0.15) is 23.4 Å². The van der Waals surface area contributed by atoms with Crippen LogP contribution in [0.15, 0.2) is 54.6 Å². The van der Waals surface area contributed by atoms with Gasteiger partial charge in [-0.25, -0.2) is 4.79 Å². The van der Waals surface area contributed by atoms with Crippen molar-refractivity contribution < 1.29 is 29.3 Å². The van der Waals surface area contributed by atoms with Gasteiger partial charge in [0.25, 0.3) is 0 Å². The quantitative estimate of drug-likeness (QED) is 0.323. The summed E-state index contributed by atoms with van der Waals surface area (Å²) in [6.07, 6.45) is 0.996. The maximum atomic E-state index is 14.0. The molecule has 0 saturated heterocycles. The summed E-state index contributed by atoms with van der Waals surface area (Å²) in [7, 11) is 0. The Morgan fingerprint density at radius 1 is 1.05 bits per heavy atom. The highest BCUT2D eigenvalue weighted by atomic mass is 16.6. The first kappa shape index (κ1) is 29.6. The van der Waals surface area contributed by atoms with Crippen LogP contribution in [0.3, 0.4) is 0 Å². The van der Waals surface area contributed by atoms with E-state index in [1.165, 1.54) is 17.0 Å². The molecular weight excluding hydrogens is 474 g/mol. The SMILES string of the molecule is CCCCNC(=O)C(c1cccc(O)c1)N(CCO)C(=O)C(Cc1ccccc1)NC(=O)OC(C)(C)C. The summed E-state index contributed by atoms with van der Waals surface area (Å²) in [5.41, 5.74) is 0.395. The number of phenolic OH excluding ortho intramolecular Hbond substituents is 1. The summed E-state index contributed by atoms with van der Waals surface area (Å²) >= 11 is 0. The number of alkyl carbamates (subject to hydrolysis) is 1. The molecule has 9 nitrogen and oxygen atoms in total. The van der Waals surface area contributed by atoms with Crippen LogP contribution in [-0.2, 0) is 20.7 Å². The van der Waals surface area contributed by atoms with E-state index in [0.29, 0.717) is 12.1 Å². The summed E-state index contributed by atoms with van der Waals surface area (Å²) in [6.45, 7) is 6.99. The zero-order valence-corrected chi connectivity index (χ0v) is 22.1. The molecule has 0 radical (unpaired) electrons. The number of aromatic hydroxyl groups is 1. The van der Waals surface area contributed by atoms with Crippen molar-refractivity contribution in [1.29, 1.82) is 0 Å². The van der Waals surface area contributed by atoms with Crippen LogP contribution in [0.4, 0.5) is 4.79 Å². The van der Waals surface area contributed by atoms with E-state index in [0.717, 1.165) is 18.4 Å². The molecule has 0 aliphatic heterocycles. The van der Waals surface area contributed by atoms with E-state index < -0.39 is 42.2 Å². The van der Waals surface area contributed by atoms with E-state index in [-0.39, 0.29) is 18.7 Å². The standard InChI is InChI=1S/C28H39N3O6/c1-5-6-15-29-25(34)24(21-13-10-14-22(33)19-21)31(16-17-32)26(35)23(18-20-11-8-7-9-12-20)30-27(36)37-28(2,3)4/h7-14,19,23-24,32-33H,5-6,15-18H2,1-4H3,(H,29,34)(H,30,36). The second-order valence-electron chi connectivity index (χ2n) is 9.79. The third-order valence-corrected chi connectivity index (χ3v) is 5.47. The molecule has 202 valence electrons. The van der Waals surface area contributed by atoms with Crippen molar-refractivity contribution in [2.75, 3.05) is 19.7 Å². The van der Waals surface area contributed by atoms with E-state index in [1.807, 2.05) is 37.3 Å². The van der Waals surface area contributed by atoms with Gasteiger partial charge in [0.05, 0.1) is 6.61 Å². The highest BCUT2D eigenvalue weighted by Crippen LogP contribution is 2.26. The number of rotatable bonds is 12. The number of benzene rings is 2. The zero-order chi connectivity index (χ0) is 27.4. The number of hydrogen-bond acceptors (Lipinski definition) is 6. The molecule has 0 heterocycles. The lowest BCUT2D eigenvalue weighted by Gasteiger charge is -2.34. The van der Waals surface area contributed by atoms with E-state index in [1.54, 1.807) is 32.9 Å². The van der Waals surface area contributed by atoms with Gasteiger partial charge in [-0.1, -0.05) is 55.8 Å². The van der Waals surface area contributed by atoms with Gasteiger partial charge >= 0.3 is 6.09 Å². The maximum Gasteiger partial charge on any atom is 0.408 e. The van der Waals surface area contributed by atoms with Gasteiger partial charge in [-0.05, 0) is 50.5 Å². The molecule has 4 N–H and O–H groups in total. The van der Waals surface area contributed by atoms with Crippen molar-refractivity contribution in [3.63, 3.8) is 0 Å². The second kappa shape index (κ2) is 14.2. The molecule has 37 heavy (non-hydrogen) atoms. The van der Waals surface area contributed by atoms with Crippen LogP contribution in [0.25, 0.3) is 0 Å². The number of aliphatic hydroxyl groups is 1. The van der Waals surface area contributed by atoms with Gasteiger partial charge < -0.3 is 30.5 Å². The normalized spacial score (nSPS) is 12.8. The fraction of sp³-hybridized carbons (Fsp3) is 0.464. The Labute approximate surface area is 218 Å². The van der Waals surface area contributed by atoms with Crippen LogP contribution >= 0.6 is 0 Å². The first-order valence-corrected chi connectivity index (χ1v) is 12.6. The van der Waals surface area contributed by atoms with Gasteiger partial charge in [-0.15, -0.1) is 0 Å². The smallest absolute Gasteiger partial charge is 0.408 e. The van der Waals surface area contributed by atoms with Crippen molar-refractivity contribution in [1.82, 2.24) is 15.5 Å². The topological polar surface area (TPSA) is 128 Å². The molecule has 0 bridgehead atoms. The number of ether oxygens (including phenoxy) is 1. The first-order valence-electron chi connectivity index (χ1n) is 12.6. The van der Waals surface area contributed by atoms with Crippen molar-refractivity contribution in [2.24, 2.45) is 0 Å². The van der Waals surface area contributed by atoms with Crippen LogP contribution in [0, 0.1) is 0 Å². The lowest BCUT2D eigenvalue weighted by atomic mass is 10.00. The molecular formula is C28H39N3O6. The Kier molecular flexibility index (Phi) is 11.4. The number of phenols is 1. The number of aliphatic hydroxyl groups excluding tert-OH is 1. The fourth-order valence-corrected chi connectivity index (χ4v) is 3.83. The predicted octanol–water partition coefficient (Wildman–Crippen LogP) is 3.31. The fourth-order valence-electron chi connectivity index (χ4n) is 3.83. The summed E-state index contributed by atoms with van der Waals surface area (Å²) < 4.78 is 5.39. The van der Waals surface area contributed by atoms with E-state index in [2.05, 4.69) is 10.6 Å². The average molecular weight is 514 g/mol. The molecule has 0 spiro atoms. The molecule has 0 fully saturated rings. The third kappa shape index (κ3) is 9.76. The molecule has 2 aromatic rings. The highest BCUT2D eigenvalue weighted by molar-refractivity contribution is 5.92. The van der Waals surface area contributed by atoms with Crippen LogP contribution in [0.5, 0.6) is 5.75 Å². The van der Waals surface area contributed by atoms with Crippen molar-refractivity contribution in [3.05, 3.63) is 65.7 Å². The molecule has 2 rings (SSSR count). The van der Waals surface area contributed by atoms with Crippen molar-refractivity contribution in [2.45, 2.75) is 64.6 Å². The maximum absolute atomic E-state index is 14.0. The Hall–Kier alpha value is -3.59. The molecule has 3 amide bonds. The summed E-state index contributed by atoms with van der Waals surface area (Å²) in [6, 6.07) is 13.0. The first-order chi connectivity index (χ1) is 17.6. The van der Waals surface area contributed by atoms with Crippen molar-refractivity contribution >= 4 is 17.9 Å². The molecule has 2 aromatic carbocycles. The summed E-state index contributed by atoms with van der Waals surface area (Å²) in [4.78, 5) is 41.2. The highest BCUT2D eigenvalue weighted by Gasteiger charge is 2.36. The van der Waals surface area contributed by atoms with E-state index in [4.69, 9.17) is 4.74 Å². The van der Waals surface area contributed by atoms with Crippen LogP contribution in [0.1, 0.15) is 57.7 Å². The molecule has 0 aliphatic carbocycles. The minimum absolute atomic E-state index is 0.0621. The van der Waals surface area contributed by atoms with Gasteiger partial charge in [0.2, 0.25) is 11.8 Å². The Morgan fingerprint density at radius 3 is 2.35 bits per heavy atom. The lowest BCUT2D eigenvalue weighted by molar-refractivity contribution is -0.143. The Balaban J connectivity index is 2.47. The Bertz CT molecular complexity index is 1020. The average Bonchev–Trinajstić information content (AvgIpc) is 2.82. The van der Waals surface area contributed by atoms with Gasteiger partial charge in [0.15, 0.2) is 0 Å². The summed E-state index contributed by atoms with van der Waals surface area (Å²) in [5.74, 6) is -1.08. The Morgan fingerprint density at radius 2 is 1.76 bits per heavy atom. The monoisotopic (exact) mass is 513 g/mol. The van der Waals surface area contributed by atoms with Crippen LogP contribution in [0.2, 0.25) is 0 Å². The van der Waals surface area contributed by atoms with Gasteiger partial charge in [0, 0.05) is 19.5 Å². The number of nitrogens with zero attached hydrogens (tertiary/aromatic N) is 1. The zero-order valence-electron chi connectivity index (χ0n) is 22.1. The van der Waals surface area contributed by atoms with E-state index in [9.17, 15) is 24.6 Å². The molecule has 0 aliphatic rings. The second-order valence-corrected chi connectivity index (χ2v) is 9.79. The predicted molar refractivity (Wildman–Crippen MR) is 141 cm³/mol. The largest absolute Gasteiger partial charge is 0.508 e. The molecule has 0 aromatic heterocycles. The number of carbonyl (C=O) groups excluding carboxylic acids is 3. The van der Waals surface area contributed by atoms with Gasteiger partial charge in [-0.2, -0.15) is 0 Å². The lowest BCUT2D eigenvalue weighted by Crippen LogP contribution is -2.54. The number of amides is 3. The molecule has 2 atom stereocenters. The summed E-state index contributed by atoms with van der Waals surface area (Å²) in [5, 5.41) is 25.4. The molecule has 0 saturated carbocycles. The van der Waals surface area contributed by atoms with Crippen LogP contribution < -0.4 is 10.6 Å². The van der Waals surface area contributed by atoms with Crippen LogP contribution in [-0.4, -0.2) is 64.4 Å². The number of unbranched alkanes of at least 4 members (excludes halogenated alkanes) is 1. The number of hydrogen-bond donors (Lipinski definition) is 4. The number of nitrogens with one attached hydrogen (secondary N) is 2. The molecule has 9 heteroatoms. The minimum atomic E-state index is -1.14. The molecule has 2 unspecified atom stereocenters.